The maximum absolute atomic E-state index is 12.5. The first-order chi connectivity index (χ1) is 12.2. The SMILES string of the molecule is Cc1cc(C2=NCc3cc4c(cc32)CN(C2CCC2)C(=O)C4)ccn1. The summed E-state index contributed by atoms with van der Waals surface area (Å²) < 4.78 is 0. The molecule has 2 aromatic rings. The summed E-state index contributed by atoms with van der Waals surface area (Å²) in [6.07, 6.45) is 5.97. The Morgan fingerprint density at radius 1 is 1.12 bits per heavy atom. The van der Waals surface area contributed by atoms with Crippen molar-refractivity contribution < 1.29 is 4.79 Å². The molecule has 5 rings (SSSR count). The van der Waals surface area contributed by atoms with Crippen LogP contribution in [0, 0.1) is 6.92 Å². The fourth-order valence-electron chi connectivity index (χ4n) is 4.16. The van der Waals surface area contributed by atoms with Gasteiger partial charge in [0.1, 0.15) is 0 Å². The molecule has 0 N–H and O–H groups in total. The Hall–Kier alpha value is -2.49. The van der Waals surface area contributed by atoms with E-state index in [9.17, 15) is 4.79 Å². The number of carbonyl (C=O) groups is 1. The zero-order chi connectivity index (χ0) is 17.0. The molecule has 0 spiro atoms. The van der Waals surface area contributed by atoms with Crippen molar-refractivity contribution in [3.63, 3.8) is 0 Å². The molecule has 1 aromatic carbocycles. The predicted molar refractivity (Wildman–Crippen MR) is 96.7 cm³/mol. The molecule has 1 aromatic heterocycles. The van der Waals surface area contributed by atoms with Gasteiger partial charge in [-0.1, -0.05) is 6.07 Å². The third kappa shape index (κ3) is 2.39. The second kappa shape index (κ2) is 5.51. The maximum atomic E-state index is 12.5. The van der Waals surface area contributed by atoms with Crippen LogP contribution >= 0.6 is 0 Å². The van der Waals surface area contributed by atoms with Gasteiger partial charge in [0.05, 0.1) is 18.7 Å². The summed E-state index contributed by atoms with van der Waals surface area (Å²) in [6.45, 7) is 3.48. The summed E-state index contributed by atoms with van der Waals surface area (Å²) in [5, 5.41) is 0. The summed E-state index contributed by atoms with van der Waals surface area (Å²) >= 11 is 0. The maximum Gasteiger partial charge on any atom is 0.227 e. The van der Waals surface area contributed by atoms with E-state index in [1.165, 1.54) is 28.7 Å². The topological polar surface area (TPSA) is 45.6 Å². The summed E-state index contributed by atoms with van der Waals surface area (Å²) in [4.78, 5) is 23.7. The minimum Gasteiger partial charge on any atom is -0.335 e. The van der Waals surface area contributed by atoms with Crippen LogP contribution in [0.25, 0.3) is 0 Å². The summed E-state index contributed by atoms with van der Waals surface area (Å²) in [7, 11) is 0. The van der Waals surface area contributed by atoms with Crippen LogP contribution in [0.2, 0.25) is 0 Å². The minimum atomic E-state index is 0.293. The molecule has 1 saturated carbocycles. The largest absolute Gasteiger partial charge is 0.335 e. The third-order valence-electron chi connectivity index (χ3n) is 5.78. The smallest absolute Gasteiger partial charge is 0.227 e. The molecule has 25 heavy (non-hydrogen) atoms. The molecule has 0 atom stereocenters. The van der Waals surface area contributed by atoms with E-state index in [1.807, 2.05) is 19.2 Å². The van der Waals surface area contributed by atoms with Gasteiger partial charge in [0.25, 0.3) is 0 Å². The van der Waals surface area contributed by atoms with E-state index in [0.717, 1.165) is 36.4 Å². The second-order valence-electron chi connectivity index (χ2n) is 7.41. The van der Waals surface area contributed by atoms with Crippen LogP contribution in [0.3, 0.4) is 0 Å². The van der Waals surface area contributed by atoms with E-state index < -0.39 is 0 Å². The number of amides is 1. The number of pyridine rings is 1. The molecule has 4 nitrogen and oxygen atoms in total. The molecular weight excluding hydrogens is 310 g/mol. The summed E-state index contributed by atoms with van der Waals surface area (Å²) in [5.74, 6) is 0.293. The van der Waals surface area contributed by atoms with Crippen molar-refractivity contribution in [3.05, 3.63) is 64.0 Å². The highest BCUT2D eigenvalue weighted by molar-refractivity contribution is 6.15. The molecule has 0 bridgehead atoms. The van der Waals surface area contributed by atoms with E-state index in [2.05, 4.69) is 28.1 Å². The number of aromatic nitrogens is 1. The Kier molecular flexibility index (Phi) is 3.27. The lowest BCUT2D eigenvalue weighted by molar-refractivity contribution is -0.136. The number of benzene rings is 1. The first-order valence-corrected chi connectivity index (χ1v) is 9.11. The minimum absolute atomic E-state index is 0.293. The number of nitrogens with zero attached hydrogens (tertiary/aromatic N) is 3. The van der Waals surface area contributed by atoms with Gasteiger partial charge >= 0.3 is 0 Å². The van der Waals surface area contributed by atoms with Crippen LogP contribution in [0.4, 0.5) is 0 Å². The average molecular weight is 331 g/mol. The number of fused-ring (bicyclic) bond motifs is 2. The molecule has 0 radical (unpaired) electrons. The standard InChI is InChI=1S/C21H21N3O/c1-13-7-14(5-6-22-13)21-19-9-17-12-24(18-3-2-4-18)20(25)10-15(17)8-16(19)11-23-21/h5-9,18H,2-4,10-12H2,1H3. The number of hydrogen-bond acceptors (Lipinski definition) is 3. The van der Waals surface area contributed by atoms with Gasteiger partial charge in [0.2, 0.25) is 5.91 Å². The van der Waals surface area contributed by atoms with Crippen LogP contribution in [-0.4, -0.2) is 27.5 Å². The van der Waals surface area contributed by atoms with E-state index in [4.69, 9.17) is 4.99 Å². The van der Waals surface area contributed by atoms with Gasteiger partial charge < -0.3 is 4.90 Å². The van der Waals surface area contributed by atoms with Crippen molar-refractivity contribution in [3.8, 4) is 0 Å². The van der Waals surface area contributed by atoms with Gasteiger partial charge in [-0.05, 0) is 61.1 Å². The highest BCUT2D eigenvalue weighted by Gasteiger charge is 2.33. The molecule has 1 aliphatic carbocycles. The number of rotatable bonds is 2. The summed E-state index contributed by atoms with van der Waals surface area (Å²) in [5.41, 5.74) is 8.17. The Morgan fingerprint density at radius 2 is 2.00 bits per heavy atom. The van der Waals surface area contributed by atoms with Crippen LogP contribution in [0.1, 0.15) is 52.8 Å². The van der Waals surface area contributed by atoms with E-state index in [1.54, 1.807) is 0 Å². The quantitative estimate of drug-likeness (QED) is 0.848. The molecule has 3 aliphatic rings. The van der Waals surface area contributed by atoms with Crippen molar-refractivity contribution >= 4 is 11.6 Å². The van der Waals surface area contributed by atoms with Gasteiger partial charge in [-0.15, -0.1) is 0 Å². The Morgan fingerprint density at radius 3 is 2.76 bits per heavy atom. The zero-order valence-corrected chi connectivity index (χ0v) is 14.5. The van der Waals surface area contributed by atoms with Crippen molar-refractivity contribution in [1.29, 1.82) is 0 Å². The molecule has 1 fully saturated rings. The first kappa shape index (κ1) is 14.8. The van der Waals surface area contributed by atoms with E-state index >= 15 is 0 Å². The van der Waals surface area contributed by atoms with Gasteiger partial charge in [-0.2, -0.15) is 0 Å². The van der Waals surface area contributed by atoms with E-state index in [0.29, 0.717) is 24.9 Å². The number of carbonyl (C=O) groups excluding carboxylic acids is 1. The predicted octanol–water partition coefficient (Wildman–Crippen LogP) is 3.18. The average Bonchev–Trinajstić information content (AvgIpc) is 2.95. The first-order valence-electron chi connectivity index (χ1n) is 9.11. The van der Waals surface area contributed by atoms with Crippen molar-refractivity contribution in [2.45, 2.75) is 51.7 Å². The van der Waals surface area contributed by atoms with Crippen LogP contribution in [0.5, 0.6) is 0 Å². The molecule has 0 unspecified atom stereocenters. The molecule has 3 heterocycles. The summed E-state index contributed by atoms with van der Waals surface area (Å²) in [6, 6.07) is 9.09. The Bertz CT molecular complexity index is 911. The molecule has 4 heteroatoms. The van der Waals surface area contributed by atoms with Gasteiger partial charge in [-0.25, -0.2) is 0 Å². The van der Waals surface area contributed by atoms with Gasteiger partial charge in [-0.3, -0.25) is 14.8 Å². The highest BCUT2D eigenvalue weighted by atomic mass is 16.2. The highest BCUT2D eigenvalue weighted by Crippen LogP contribution is 2.33. The van der Waals surface area contributed by atoms with Crippen LogP contribution in [0.15, 0.2) is 35.5 Å². The fraction of sp³-hybridized carbons (Fsp3) is 0.381. The number of hydrogen-bond donors (Lipinski definition) is 0. The Balaban J connectivity index is 1.52. The lowest BCUT2D eigenvalue weighted by atomic mass is 9.86. The van der Waals surface area contributed by atoms with E-state index in [-0.39, 0.29) is 0 Å². The van der Waals surface area contributed by atoms with Crippen molar-refractivity contribution in [2.75, 3.05) is 0 Å². The number of aliphatic imine (C=N–C) groups is 1. The van der Waals surface area contributed by atoms with Crippen LogP contribution < -0.4 is 0 Å². The third-order valence-corrected chi connectivity index (χ3v) is 5.78. The Labute approximate surface area is 147 Å². The molecular formula is C21H21N3O. The van der Waals surface area contributed by atoms with Crippen LogP contribution in [-0.2, 0) is 24.3 Å². The van der Waals surface area contributed by atoms with Gasteiger partial charge in [0, 0.05) is 35.6 Å². The van der Waals surface area contributed by atoms with Crippen molar-refractivity contribution in [1.82, 2.24) is 9.88 Å². The molecule has 1 amide bonds. The monoisotopic (exact) mass is 331 g/mol. The lowest BCUT2D eigenvalue weighted by Crippen LogP contribution is -2.46. The molecule has 0 saturated heterocycles. The van der Waals surface area contributed by atoms with Crippen molar-refractivity contribution in [2.24, 2.45) is 4.99 Å². The second-order valence-corrected chi connectivity index (χ2v) is 7.41. The molecule has 2 aliphatic heterocycles. The zero-order valence-electron chi connectivity index (χ0n) is 14.5. The number of aryl methyl sites for hydroxylation is 1. The lowest BCUT2D eigenvalue weighted by Gasteiger charge is -2.40. The molecule has 126 valence electrons. The van der Waals surface area contributed by atoms with Gasteiger partial charge in [0.15, 0.2) is 0 Å². The normalized spacial score (nSPS) is 19.3. The fourth-order valence-corrected chi connectivity index (χ4v) is 4.16.